The van der Waals surface area contributed by atoms with Gasteiger partial charge in [0, 0.05) is 37.0 Å². The van der Waals surface area contributed by atoms with Gasteiger partial charge in [0.05, 0.1) is 14.2 Å². The molecule has 0 radical (unpaired) electrons. The van der Waals surface area contributed by atoms with Crippen molar-refractivity contribution < 1.29 is 19.0 Å². The van der Waals surface area contributed by atoms with Crippen LogP contribution in [0.15, 0.2) is 71.5 Å². The zero-order valence-electron chi connectivity index (χ0n) is 22.6. The molecular formula is C30H31ClN4O5. The molecule has 3 aromatic carbocycles. The van der Waals surface area contributed by atoms with Crippen LogP contribution in [0.4, 0.5) is 0 Å². The Bertz CT molecular complexity index is 1510. The Labute approximate surface area is 237 Å². The molecule has 0 unspecified atom stereocenters. The number of carbonyl (C=O) groups is 1. The van der Waals surface area contributed by atoms with Crippen LogP contribution >= 0.6 is 11.6 Å². The number of rotatable bonds is 12. The Hall–Kier alpha value is -4.37. The van der Waals surface area contributed by atoms with E-state index in [1.54, 1.807) is 50.4 Å². The number of likely N-dealkylation sites (N-methyl/N-ethyl adjacent to an activating group) is 1. The summed E-state index contributed by atoms with van der Waals surface area (Å²) in [5.74, 6) is 2.23. The lowest BCUT2D eigenvalue weighted by atomic mass is 10.1. The molecule has 0 aliphatic carbocycles. The van der Waals surface area contributed by atoms with E-state index in [-0.39, 0.29) is 30.0 Å². The number of aromatic nitrogens is 3. The summed E-state index contributed by atoms with van der Waals surface area (Å²) in [6, 6.07) is 20.3. The first-order valence-electron chi connectivity index (χ1n) is 12.7. The predicted molar refractivity (Wildman–Crippen MR) is 153 cm³/mol. The van der Waals surface area contributed by atoms with Gasteiger partial charge in [-0.25, -0.2) is 0 Å². The summed E-state index contributed by atoms with van der Waals surface area (Å²) in [7, 11) is 4.92. The largest absolute Gasteiger partial charge is 0.493 e. The number of aromatic amines is 1. The van der Waals surface area contributed by atoms with Crippen molar-refractivity contribution in [2.45, 2.75) is 25.9 Å². The summed E-state index contributed by atoms with van der Waals surface area (Å²) in [5.41, 5.74) is 2.53. The Morgan fingerprint density at radius 1 is 0.925 bits per heavy atom. The van der Waals surface area contributed by atoms with Crippen LogP contribution in [-0.2, 0) is 24.2 Å². The smallest absolute Gasteiger partial charge is 0.273 e. The number of ether oxygens (including phenoxy) is 3. The lowest BCUT2D eigenvalue weighted by Gasteiger charge is -2.17. The molecule has 0 saturated heterocycles. The van der Waals surface area contributed by atoms with Gasteiger partial charge >= 0.3 is 0 Å². The van der Waals surface area contributed by atoms with Crippen molar-refractivity contribution in [3.05, 3.63) is 98.9 Å². The number of benzene rings is 3. The van der Waals surface area contributed by atoms with Gasteiger partial charge in [-0.1, -0.05) is 29.8 Å². The molecule has 1 N–H and O–H groups in total. The van der Waals surface area contributed by atoms with Gasteiger partial charge in [0.15, 0.2) is 17.3 Å². The van der Waals surface area contributed by atoms with Gasteiger partial charge < -0.3 is 24.1 Å². The average Bonchev–Trinajstić information content (AvgIpc) is 2.98. The quantitative estimate of drug-likeness (QED) is 0.266. The predicted octanol–water partition coefficient (Wildman–Crippen LogP) is 4.72. The molecule has 9 nitrogen and oxygen atoms in total. The fourth-order valence-electron chi connectivity index (χ4n) is 4.03. The maximum Gasteiger partial charge on any atom is 0.273 e. The second kappa shape index (κ2) is 13.6. The summed E-state index contributed by atoms with van der Waals surface area (Å²) in [6.45, 7) is 0.906. The summed E-state index contributed by atoms with van der Waals surface area (Å²) >= 11 is 6.02. The van der Waals surface area contributed by atoms with Gasteiger partial charge in [-0.05, 0) is 66.1 Å². The van der Waals surface area contributed by atoms with Crippen molar-refractivity contribution in [1.82, 2.24) is 20.1 Å². The summed E-state index contributed by atoms with van der Waals surface area (Å²) < 4.78 is 16.4. The second-order valence-corrected chi connectivity index (χ2v) is 9.58. The van der Waals surface area contributed by atoms with Crippen molar-refractivity contribution in [2.24, 2.45) is 0 Å². The Morgan fingerprint density at radius 3 is 2.40 bits per heavy atom. The summed E-state index contributed by atoms with van der Waals surface area (Å²) in [6.07, 6.45) is 0.999. The molecule has 40 heavy (non-hydrogen) atoms. The molecule has 1 heterocycles. The van der Waals surface area contributed by atoms with Gasteiger partial charge in [0.25, 0.3) is 5.56 Å². The highest BCUT2D eigenvalue weighted by Gasteiger charge is 2.14. The van der Waals surface area contributed by atoms with E-state index in [9.17, 15) is 9.59 Å². The van der Waals surface area contributed by atoms with Crippen LogP contribution < -0.4 is 19.8 Å². The van der Waals surface area contributed by atoms with Gasteiger partial charge in [0.1, 0.15) is 18.1 Å². The van der Waals surface area contributed by atoms with Crippen LogP contribution in [0.2, 0.25) is 5.02 Å². The number of amides is 1. The molecular weight excluding hydrogens is 532 g/mol. The highest BCUT2D eigenvalue weighted by molar-refractivity contribution is 6.30. The first kappa shape index (κ1) is 28.6. The van der Waals surface area contributed by atoms with Gasteiger partial charge in [-0.2, -0.15) is 0 Å². The molecule has 4 aromatic rings. The summed E-state index contributed by atoms with van der Waals surface area (Å²) in [4.78, 5) is 29.7. The minimum absolute atomic E-state index is 0.0842. The normalized spacial score (nSPS) is 10.7. The van der Waals surface area contributed by atoms with Gasteiger partial charge in [-0.15, -0.1) is 10.2 Å². The Balaban J connectivity index is 1.28. The molecule has 1 aromatic heterocycles. The molecule has 0 fully saturated rings. The van der Waals surface area contributed by atoms with E-state index in [1.165, 1.54) is 0 Å². The van der Waals surface area contributed by atoms with Crippen LogP contribution in [-0.4, -0.2) is 53.8 Å². The number of halogens is 1. The van der Waals surface area contributed by atoms with Crippen LogP contribution in [0.1, 0.15) is 23.2 Å². The third-order valence-corrected chi connectivity index (χ3v) is 6.61. The first-order chi connectivity index (χ1) is 19.4. The number of hydrogen-bond acceptors (Lipinski definition) is 7. The number of nitrogens with one attached hydrogen (secondary N) is 1. The molecule has 1 amide bonds. The third-order valence-electron chi connectivity index (χ3n) is 6.37. The fourth-order valence-corrected chi connectivity index (χ4v) is 4.24. The standard InChI is InChI=1S/C30H31ClN4O5/c1-35(16-15-20-7-13-26(38-2)27(18-20)39-3)28(36)14-12-25-30(37)32-29(34-33-25)22-8-10-24(11-9-22)40-19-21-5-4-6-23(31)17-21/h4-11,13,17-18H,12,14-16,19H2,1-3H3,(H,32,34,37). The molecule has 0 aliphatic heterocycles. The third kappa shape index (κ3) is 7.60. The van der Waals surface area contributed by atoms with Crippen LogP contribution in [0, 0.1) is 0 Å². The van der Waals surface area contributed by atoms with Crippen molar-refractivity contribution in [2.75, 3.05) is 27.8 Å². The topological polar surface area (TPSA) is 107 Å². The molecule has 0 saturated carbocycles. The number of H-pyrrole nitrogens is 1. The maximum absolute atomic E-state index is 12.7. The molecule has 10 heteroatoms. The van der Waals surface area contributed by atoms with Crippen LogP contribution in [0.3, 0.4) is 0 Å². The Morgan fingerprint density at radius 2 is 1.70 bits per heavy atom. The zero-order chi connectivity index (χ0) is 28.5. The monoisotopic (exact) mass is 562 g/mol. The summed E-state index contributed by atoms with van der Waals surface area (Å²) in [5, 5.41) is 8.91. The van der Waals surface area contributed by atoms with Crippen molar-refractivity contribution in [1.29, 1.82) is 0 Å². The van der Waals surface area contributed by atoms with Crippen molar-refractivity contribution in [3.63, 3.8) is 0 Å². The molecule has 0 spiro atoms. The molecule has 0 bridgehead atoms. The van der Waals surface area contributed by atoms with E-state index in [0.717, 1.165) is 11.1 Å². The van der Waals surface area contributed by atoms with Crippen molar-refractivity contribution in [3.8, 4) is 28.6 Å². The first-order valence-corrected chi connectivity index (χ1v) is 13.1. The van der Waals surface area contributed by atoms with E-state index in [1.807, 2.05) is 42.5 Å². The van der Waals surface area contributed by atoms with Gasteiger partial charge in [-0.3, -0.25) is 9.59 Å². The molecule has 0 aliphatic rings. The van der Waals surface area contributed by atoms with Crippen molar-refractivity contribution >= 4 is 17.5 Å². The highest BCUT2D eigenvalue weighted by Crippen LogP contribution is 2.27. The number of methoxy groups -OCH3 is 2. The number of hydrogen-bond donors (Lipinski definition) is 1. The maximum atomic E-state index is 12.7. The Kier molecular flexibility index (Phi) is 9.75. The average molecular weight is 563 g/mol. The molecule has 4 rings (SSSR count). The van der Waals surface area contributed by atoms with E-state index in [4.69, 9.17) is 25.8 Å². The zero-order valence-corrected chi connectivity index (χ0v) is 23.4. The lowest BCUT2D eigenvalue weighted by molar-refractivity contribution is -0.129. The van der Waals surface area contributed by atoms with E-state index >= 15 is 0 Å². The molecule has 208 valence electrons. The fraction of sp³-hybridized carbons (Fsp3) is 0.267. The minimum atomic E-state index is -0.368. The van der Waals surface area contributed by atoms with E-state index in [2.05, 4.69) is 15.2 Å². The SMILES string of the molecule is COc1ccc(CCN(C)C(=O)CCc2nnc(-c3ccc(OCc4cccc(Cl)c4)cc3)[nH]c2=O)cc1OC. The number of aryl methyl sites for hydroxylation is 1. The molecule has 0 atom stereocenters. The van der Waals surface area contributed by atoms with E-state index in [0.29, 0.717) is 53.2 Å². The van der Waals surface area contributed by atoms with Gasteiger partial charge in [0.2, 0.25) is 5.91 Å². The number of carbonyl (C=O) groups excluding carboxylic acids is 1. The van der Waals surface area contributed by atoms with Crippen LogP contribution in [0.25, 0.3) is 11.4 Å². The number of nitrogens with zero attached hydrogens (tertiary/aromatic N) is 3. The highest BCUT2D eigenvalue weighted by atomic mass is 35.5. The minimum Gasteiger partial charge on any atom is -0.493 e. The lowest BCUT2D eigenvalue weighted by Crippen LogP contribution is -2.30. The second-order valence-electron chi connectivity index (χ2n) is 9.15. The van der Waals surface area contributed by atoms with E-state index < -0.39 is 0 Å². The van der Waals surface area contributed by atoms with Crippen LogP contribution in [0.5, 0.6) is 17.2 Å².